The van der Waals surface area contributed by atoms with Crippen LogP contribution in [0.25, 0.3) is 11.0 Å². The van der Waals surface area contributed by atoms with Crippen molar-refractivity contribution < 1.29 is 14.1 Å². The third kappa shape index (κ3) is 2.30. The second kappa shape index (κ2) is 5.52. The highest BCUT2D eigenvalue weighted by Gasteiger charge is 2.22. The van der Waals surface area contributed by atoms with Gasteiger partial charge in [-0.25, -0.2) is 4.57 Å². The molecule has 2 N–H and O–H groups in total. The molecule has 5 heteroatoms. The third-order valence-corrected chi connectivity index (χ3v) is 3.89. The first kappa shape index (κ1) is 14.1. The minimum atomic E-state index is 0.0344. The van der Waals surface area contributed by atoms with E-state index >= 15 is 0 Å². The van der Waals surface area contributed by atoms with Crippen LogP contribution < -0.4 is 15.1 Å². The van der Waals surface area contributed by atoms with E-state index in [0.717, 1.165) is 22.6 Å². The van der Waals surface area contributed by atoms with Gasteiger partial charge in [-0.15, -0.1) is 4.68 Å². The number of nitrogens with zero attached hydrogens (tertiary/aromatic N) is 2. The fourth-order valence-corrected chi connectivity index (χ4v) is 2.59. The number of Topliss-reactive ketones (excluding diaryl/α,β-unsaturated/α-hetero) is 1. The zero-order valence-electron chi connectivity index (χ0n) is 12.6. The Kier molecular flexibility index (Phi) is 3.55. The molecule has 0 saturated heterocycles. The highest BCUT2D eigenvalue weighted by molar-refractivity contribution is 5.95. The maximum absolute atomic E-state index is 12.5. The number of aromatic nitrogens is 2. The van der Waals surface area contributed by atoms with Crippen molar-refractivity contribution in [1.29, 1.82) is 0 Å². The zero-order valence-corrected chi connectivity index (χ0v) is 12.6. The lowest BCUT2D eigenvalue weighted by Gasteiger charge is -2.03. The summed E-state index contributed by atoms with van der Waals surface area (Å²) in [5.41, 5.74) is 2.51. The summed E-state index contributed by atoms with van der Waals surface area (Å²) in [5.74, 6) is 7.67. The maximum Gasteiger partial charge on any atom is 0.277 e. The molecule has 0 unspecified atom stereocenters. The van der Waals surface area contributed by atoms with E-state index in [2.05, 4.69) is 0 Å². The average molecular weight is 296 g/mol. The normalized spacial score (nSPS) is 10.8. The number of rotatable bonds is 4. The van der Waals surface area contributed by atoms with Gasteiger partial charge in [-0.1, -0.05) is 12.1 Å². The van der Waals surface area contributed by atoms with Crippen LogP contribution in [0, 0.1) is 6.92 Å². The molecule has 0 radical (unpaired) electrons. The number of carbonyl (C=O) groups is 1. The summed E-state index contributed by atoms with van der Waals surface area (Å²) >= 11 is 0. The lowest BCUT2D eigenvalue weighted by Crippen LogP contribution is -2.41. The van der Waals surface area contributed by atoms with E-state index in [9.17, 15) is 4.79 Å². The third-order valence-electron chi connectivity index (χ3n) is 3.89. The molecule has 3 aromatic rings. The smallest absolute Gasteiger partial charge is 0.277 e. The average Bonchev–Trinajstić information content (AvgIpc) is 2.80. The van der Waals surface area contributed by atoms with Crippen molar-refractivity contribution in [1.82, 2.24) is 4.68 Å². The molecule has 0 spiro atoms. The van der Waals surface area contributed by atoms with Gasteiger partial charge in [-0.05, 0) is 36.4 Å². The van der Waals surface area contributed by atoms with E-state index in [1.807, 2.05) is 35.8 Å². The van der Waals surface area contributed by atoms with Crippen LogP contribution in [-0.4, -0.2) is 17.6 Å². The first-order chi connectivity index (χ1) is 10.6. The fourth-order valence-electron chi connectivity index (χ4n) is 2.59. The molecule has 0 aliphatic heterocycles. The summed E-state index contributed by atoms with van der Waals surface area (Å²) in [6.45, 7) is 2.16. The van der Waals surface area contributed by atoms with Gasteiger partial charge in [0.05, 0.1) is 7.11 Å². The molecule has 0 bridgehead atoms. The van der Waals surface area contributed by atoms with Crippen LogP contribution in [0.2, 0.25) is 0 Å². The first-order valence-electron chi connectivity index (χ1n) is 7.04. The highest BCUT2D eigenvalue weighted by Crippen LogP contribution is 2.14. The molecule has 1 heterocycles. The van der Waals surface area contributed by atoms with Crippen molar-refractivity contribution in [3.8, 4) is 5.75 Å². The van der Waals surface area contributed by atoms with Crippen molar-refractivity contribution in [2.24, 2.45) is 0 Å². The number of carbonyl (C=O) groups excluding carboxylic acids is 1. The zero-order chi connectivity index (χ0) is 15.7. The lowest BCUT2D eigenvalue weighted by atomic mass is 10.1. The molecular formula is C17H18N3O2+. The van der Waals surface area contributed by atoms with Gasteiger partial charge in [-0.2, -0.15) is 0 Å². The van der Waals surface area contributed by atoms with Crippen molar-refractivity contribution in [3.05, 3.63) is 59.9 Å². The minimum absolute atomic E-state index is 0.0344. The summed E-state index contributed by atoms with van der Waals surface area (Å²) in [7, 11) is 1.60. The van der Waals surface area contributed by atoms with Gasteiger partial charge in [0.1, 0.15) is 5.75 Å². The Morgan fingerprint density at radius 2 is 1.86 bits per heavy atom. The molecule has 0 atom stereocenters. The topological polar surface area (TPSA) is 61.1 Å². The van der Waals surface area contributed by atoms with E-state index in [-0.39, 0.29) is 12.3 Å². The minimum Gasteiger partial charge on any atom is -0.497 e. The number of ether oxygens (including phenoxy) is 1. The summed E-state index contributed by atoms with van der Waals surface area (Å²) in [5, 5.41) is 0. The predicted octanol–water partition coefficient (Wildman–Crippen LogP) is 1.84. The molecule has 5 nitrogen and oxygen atoms in total. The quantitative estimate of drug-likeness (QED) is 0.454. The van der Waals surface area contributed by atoms with Gasteiger partial charge < -0.3 is 4.74 Å². The number of nitrogens with two attached hydrogens (primary N) is 1. The number of imidazole rings is 1. The number of hydrogen-bond donors (Lipinski definition) is 1. The molecule has 0 aliphatic rings. The van der Waals surface area contributed by atoms with Crippen LogP contribution in [0.4, 0.5) is 0 Å². The van der Waals surface area contributed by atoms with Gasteiger partial charge in [0, 0.05) is 12.5 Å². The number of nitrogen functional groups attached to an aromatic ring is 1. The molecule has 112 valence electrons. The second-order valence-electron chi connectivity index (χ2n) is 5.14. The molecule has 22 heavy (non-hydrogen) atoms. The van der Waals surface area contributed by atoms with E-state index in [1.165, 1.54) is 0 Å². The molecule has 0 fully saturated rings. The number of fused-ring (bicyclic) bond motifs is 1. The predicted molar refractivity (Wildman–Crippen MR) is 84.3 cm³/mol. The maximum atomic E-state index is 12.5. The van der Waals surface area contributed by atoms with E-state index in [0.29, 0.717) is 5.56 Å². The van der Waals surface area contributed by atoms with Crippen LogP contribution >= 0.6 is 0 Å². The molecular weight excluding hydrogens is 278 g/mol. The summed E-state index contributed by atoms with van der Waals surface area (Å²) < 4.78 is 8.65. The van der Waals surface area contributed by atoms with Gasteiger partial charge in [-0.3, -0.25) is 10.6 Å². The molecule has 1 aromatic heterocycles. The largest absolute Gasteiger partial charge is 0.497 e. The highest BCUT2D eigenvalue weighted by atomic mass is 16.5. The van der Waals surface area contributed by atoms with Crippen molar-refractivity contribution in [2.75, 3.05) is 13.0 Å². The SMILES string of the molecule is COc1ccc(C(=O)C[n+]2c(C)n(N)c3ccccc32)cc1. The van der Waals surface area contributed by atoms with Crippen LogP contribution in [0.15, 0.2) is 48.5 Å². The van der Waals surface area contributed by atoms with E-state index in [1.54, 1.807) is 36.1 Å². The Bertz CT molecular complexity index is 835. The number of hydrogen-bond acceptors (Lipinski definition) is 3. The van der Waals surface area contributed by atoms with Crippen molar-refractivity contribution in [3.63, 3.8) is 0 Å². The van der Waals surface area contributed by atoms with Crippen molar-refractivity contribution in [2.45, 2.75) is 13.5 Å². The van der Waals surface area contributed by atoms with E-state index < -0.39 is 0 Å². The Morgan fingerprint density at radius 1 is 1.18 bits per heavy atom. The van der Waals surface area contributed by atoms with Crippen LogP contribution in [-0.2, 0) is 6.54 Å². The first-order valence-corrected chi connectivity index (χ1v) is 7.04. The standard InChI is InChI=1S/C17H18N3O2/c1-12-19(15-5-3-4-6-16(15)20(12)18)11-17(21)13-7-9-14(22-2)10-8-13/h3-10H,11,18H2,1-2H3/q+1. The Hall–Kier alpha value is -2.82. The monoisotopic (exact) mass is 296 g/mol. The molecule has 0 saturated carbocycles. The fraction of sp³-hybridized carbons (Fsp3) is 0.176. The Balaban J connectivity index is 1.95. The lowest BCUT2D eigenvalue weighted by molar-refractivity contribution is -0.664. The van der Waals surface area contributed by atoms with Gasteiger partial charge >= 0.3 is 0 Å². The molecule has 2 aromatic carbocycles. The summed E-state index contributed by atoms with van der Waals surface area (Å²) in [4.78, 5) is 12.5. The number of benzene rings is 2. The molecule has 3 rings (SSSR count). The van der Waals surface area contributed by atoms with Crippen molar-refractivity contribution >= 4 is 16.8 Å². The molecule has 0 aliphatic carbocycles. The van der Waals surface area contributed by atoms with Crippen LogP contribution in [0.3, 0.4) is 0 Å². The second-order valence-corrected chi connectivity index (χ2v) is 5.14. The van der Waals surface area contributed by atoms with E-state index in [4.69, 9.17) is 10.6 Å². The molecule has 0 amide bonds. The van der Waals surface area contributed by atoms with Gasteiger partial charge in [0.15, 0.2) is 17.6 Å². The Morgan fingerprint density at radius 3 is 2.55 bits per heavy atom. The van der Waals surface area contributed by atoms with Crippen LogP contribution in [0.1, 0.15) is 16.2 Å². The summed E-state index contributed by atoms with van der Waals surface area (Å²) in [6, 6.07) is 14.9. The van der Waals surface area contributed by atoms with Crippen LogP contribution in [0.5, 0.6) is 5.75 Å². The van der Waals surface area contributed by atoms with Gasteiger partial charge in [0.2, 0.25) is 5.78 Å². The summed E-state index contributed by atoms with van der Waals surface area (Å²) in [6.07, 6.45) is 0. The van der Waals surface area contributed by atoms with Gasteiger partial charge in [0.25, 0.3) is 5.82 Å². The number of methoxy groups -OCH3 is 1. The number of para-hydroxylation sites is 2. The Labute approximate surface area is 128 Å². The number of ketones is 1.